The quantitative estimate of drug-likeness (QED) is 0.0149. The number of ether oxygens (including phenoxy) is 2. The fraction of sp³-hybridized carbons (Fsp3) is 0.771. The highest BCUT2D eigenvalue weighted by Gasteiger charge is 2.28. The van der Waals surface area contributed by atoms with E-state index in [9.17, 15) is 28.9 Å². The predicted octanol–water partition coefficient (Wildman–Crippen LogP) is 11.9. The number of hydrogen-bond donors (Lipinski definition) is 4. The second kappa shape index (κ2) is 42.7. The van der Waals surface area contributed by atoms with E-state index in [1.54, 1.807) is 6.08 Å². The molecule has 0 spiro atoms. The largest absolute Gasteiger partial charge is 0.480 e. The summed E-state index contributed by atoms with van der Waals surface area (Å²) in [5.41, 5.74) is 5.34. The lowest BCUT2D eigenvalue weighted by Crippen LogP contribution is -2.34. The summed E-state index contributed by atoms with van der Waals surface area (Å²) in [5, 5.41) is 18.9. The number of rotatable bonds is 44. The molecule has 0 saturated carbocycles. The second-order valence-electron chi connectivity index (χ2n) is 16.1. The standard InChI is InChI=1S/C48H86NO11P/c1-3-5-7-9-11-12-13-14-15-16-17-18-19-20-21-22-27-31-35-39-47(52)60-44(41-58-61(55,56)59-42-45(49)48(53)54)40-57-46(51)38-34-30-26-24-23-25-29-33-37-43(50)36-32-28-10-8-6-4-2/h24-26,28-29,32-33,37,43-45,50H,3-23,27,30-31,34-36,38-42,49H2,1-2H3,(H,53,54)(H,55,56)/b26-24-,29-25-,32-28-,37-33+/t43-,44-,45+/m1/s1. The first-order chi connectivity index (χ1) is 29.5. The highest BCUT2D eigenvalue weighted by molar-refractivity contribution is 7.47. The van der Waals surface area contributed by atoms with Crippen LogP contribution in [0.25, 0.3) is 0 Å². The molecule has 0 saturated heterocycles. The zero-order chi connectivity index (χ0) is 45.1. The number of phosphoric acid groups is 1. The average Bonchev–Trinajstić information content (AvgIpc) is 3.23. The first kappa shape index (κ1) is 58.4. The molecule has 0 aliphatic carbocycles. The molecule has 12 nitrogen and oxygen atoms in total. The molecule has 0 heterocycles. The first-order valence-electron chi connectivity index (χ1n) is 23.8. The van der Waals surface area contributed by atoms with E-state index >= 15 is 0 Å². The molecule has 0 rings (SSSR count). The summed E-state index contributed by atoms with van der Waals surface area (Å²) >= 11 is 0. The summed E-state index contributed by atoms with van der Waals surface area (Å²) in [5.74, 6) is -2.49. The van der Waals surface area contributed by atoms with Crippen molar-refractivity contribution in [3.8, 4) is 0 Å². The van der Waals surface area contributed by atoms with Gasteiger partial charge < -0.3 is 30.3 Å². The Kier molecular flexibility index (Phi) is 40.9. The van der Waals surface area contributed by atoms with Gasteiger partial charge >= 0.3 is 25.7 Å². The van der Waals surface area contributed by atoms with Gasteiger partial charge in [0.25, 0.3) is 0 Å². The van der Waals surface area contributed by atoms with Crippen molar-refractivity contribution in [2.45, 2.75) is 218 Å². The van der Waals surface area contributed by atoms with Gasteiger partial charge in [-0.25, -0.2) is 4.57 Å². The number of hydrogen-bond acceptors (Lipinski definition) is 10. The van der Waals surface area contributed by atoms with E-state index < -0.39 is 63.8 Å². The highest BCUT2D eigenvalue weighted by Crippen LogP contribution is 2.43. The number of aliphatic hydroxyl groups excluding tert-OH is 1. The van der Waals surface area contributed by atoms with Crippen LogP contribution in [-0.2, 0) is 37.5 Å². The van der Waals surface area contributed by atoms with Crippen molar-refractivity contribution in [3.05, 3.63) is 48.6 Å². The molecule has 1 unspecified atom stereocenters. The Morgan fingerprint density at radius 1 is 0.590 bits per heavy atom. The first-order valence-corrected chi connectivity index (χ1v) is 25.3. The van der Waals surface area contributed by atoms with E-state index in [1.807, 2.05) is 36.5 Å². The Labute approximate surface area is 369 Å². The van der Waals surface area contributed by atoms with Crippen molar-refractivity contribution in [2.75, 3.05) is 19.8 Å². The molecule has 0 bridgehead atoms. The Bertz CT molecular complexity index is 1240. The molecule has 61 heavy (non-hydrogen) atoms. The van der Waals surface area contributed by atoms with Gasteiger partial charge in [-0.2, -0.15) is 0 Å². The van der Waals surface area contributed by atoms with Gasteiger partial charge in [0.1, 0.15) is 12.6 Å². The Balaban J connectivity index is 4.42. The van der Waals surface area contributed by atoms with Crippen LogP contribution in [0.3, 0.4) is 0 Å². The lowest BCUT2D eigenvalue weighted by atomic mass is 10.0. The lowest BCUT2D eigenvalue weighted by molar-refractivity contribution is -0.161. The van der Waals surface area contributed by atoms with Crippen molar-refractivity contribution >= 4 is 25.7 Å². The summed E-state index contributed by atoms with van der Waals surface area (Å²) < 4.78 is 32.7. The van der Waals surface area contributed by atoms with Gasteiger partial charge in [0.15, 0.2) is 6.10 Å². The molecule has 354 valence electrons. The van der Waals surface area contributed by atoms with Gasteiger partial charge in [-0.3, -0.25) is 23.4 Å². The smallest absolute Gasteiger partial charge is 0.472 e. The molecule has 0 aliphatic rings. The second-order valence-corrected chi connectivity index (χ2v) is 17.5. The number of nitrogens with two attached hydrogens (primary N) is 1. The summed E-state index contributed by atoms with van der Waals surface area (Å²) in [6.45, 7) is 2.66. The zero-order valence-corrected chi connectivity index (χ0v) is 39.0. The number of carboxylic acid groups (broad SMARTS) is 1. The molecule has 0 aromatic carbocycles. The zero-order valence-electron chi connectivity index (χ0n) is 38.1. The summed E-state index contributed by atoms with van der Waals surface area (Å²) in [6, 6.07) is -1.54. The van der Waals surface area contributed by atoms with E-state index in [2.05, 4.69) is 24.4 Å². The van der Waals surface area contributed by atoms with E-state index in [-0.39, 0.29) is 12.8 Å². The van der Waals surface area contributed by atoms with Crippen molar-refractivity contribution in [1.29, 1.82) is 0 Å². The van der Waals surface area contributed by atoms with Gasteiger partial charge in [-0.05, 0) is 44.9 Å². The van der Waals surface area contributed by atoms with Gasteiger partial charge in [-0.1, -0.05) is 191 Å². The van der Waals surface area contributed by atoms with Gasteiger partial charge in [0, 0.05) is 12.8 Å². The van der Waals surface area contributed by atoms with Crippen molar-refractivity contribution in [1.82, 2.24) is 0 Å². The third-order valence-electron chi connectivity index (χ3n) is 10.2. The highest BCUT2D eigenvalue weighted by atomic mass is 31.2. The molecule has 4 atom stereocenters. The number of aliphatic hydroxyl groups is 1. The average molecular weight is 884 g/mol. The Morgan fingerprint density at radius 2 is 1.08 bits per heavy atom. The maximum atomic E-state index is 12.7. The fourth-order valence-electron chi connectivity index (χ4n) is 6.38. The number of carboxylic acids is 1. The third-order valence-corrected chi connectivity index (χ3v) is 11.1. The molecule has 0 radical (unpaired) electrons. The molecule has 0 aromatic rings. The summed E-state index contributed by atoms with van der Waals surface area (Å²) in [7, 11) is -4.74. The minimum atomic E-state index is -4.74. The van der Waals surface area contributed by atoms with Gasteiger partial charge in [0.05, 0.1) is 19.3 Å². The van der Waals surface area contributed by atoms with Crippen LogP contribution >= 0.6 is 7.82 Å². The van der Waals surface area contributed by atoms with E-state index in [1.165, 1.54) is 116 Å². The minimum absolute atomic E-state index is 0.115. The number of carbonyl (C=O) groups excluding carboxylic acids is 2. The van der Waals surface area contributed by atoms with Crippen LogP contribution in [-0.4, -0.2) is 71.1 Å². The Morgan fingerprint density at radius 3 is 1.66 bits per heavy atom. The molecule has 13 heteroatoms. The van der Waals surface area contributed by atoms with Crippen LogP contribution in [0.5, 0.6) is 0 Å². The number of phosphoric ester groups is 1. The molecule has 5 N–H and O–H groups in total. The topological polar surface area (TPSA) is 192 Å². The molecule has 0 aliphatic heterocycles. The van der Waals surface area contributed by atoms with Crippen LogP contribution in [0.4, 0.5) is 0 Å². The molecular weight excluding hydrogens is 797 g/mol. The lowest BCUT2D eigenvalue weighted by Gasteiger charge is -2.20. The number of aliphatic carboxylic acids is 1. The van der Waals surface area contributed by atoms with E-state index in [0.717, 1.165) is 25.7 Å². The van der Waals surface area contributed by atoms with Crippen LogP contribution in [0.15, 0.2) is 48.6 Å². The number of carbonyl (C=O) groups is 3. The Hall–Kier alpha value is -2.60. The number of allylic oxidation sites excluding steroid dienone is 6. The normalized spacial score (nSPS) is 14.6. The van der Waals surface area contributed by atoms with Crippen LogP contribution in [0.2, 0.25) is 0 Å². The minimum Gasteiger partial charge on any atom is -0.480 e. The predicted molar refractivity (Wildman–Crippen MR) is 246 cm³/mol. The van der Waals surface area contributed by atoms with Crippen molar-refractivity contribution in [2.24, 2.45) is 5.73 Å². The van der Waals surface area contributed by atoms with E-state index in [0.29, 0.717) is 32.1 Å². The van der Waals surface area contributed by atoms with Crippen molar-refractivity contribution in [3.63, 3.8) is 0 Å². The molecular formula is C48H86NO11P. The number of unbranched alkanes of at least 4 members (excludes halogenated alkanes) is 22. The SMILES string of the molecule is CCCCC/C=C\C[C@@H](O)/C=C/C=C\C/C=C\CCCC(=O)OC[C@H](COP(=O)(O)OC[C@H](N)C(=O)O)OC(=O)CCCCCCCCCCCCCCCCCCCCC. The van der Waals surface area contributed by atoms with Crippen molar-refractivity contribution < 1.29 is 52.6 Å². The maximum absolute atomic E-state index is 12.7. The van der Waals surface area contributed by atoms with Crippen LogP contribution in [0.1, 0.15) is 200 Å². The molecule has 0 amide bonds. The fourth-order valence-corrected chi connectivity index (χ4v) is 7.16. The van der Waals surface area contributed by atoms with E-state index in [4.69, 9.17) is 24.8 Å². The maximum Gasteiger partial charge on any atom is 0.472 e. The summed E-state index contributed by atoms with van der Waals surface area (Å²) in [6.07, 6.45) is 44.9. The summed E-state index contributed by atoms with van der Waals surface area (Å²) in [4.78, 5) is 46.0. The van der Waals surface area contributed by atoms with Crippen LogP contribution in [0, 0.1) is 0 Å². The van der Waals surface area contributed by atoms with Gasteiger partial charge in [-0.15, -0.1) is 0 Å². The van der Waals surface area contributed by atoms with Crippen LogP contribution < -0.4 is 5.73 Å². The molecule has 0 aromatic heterocycles. The molecule has 0 fully saturated rings. The monoisotopic (exact) mass is 884 g/mol. The number of esters is 2. The van der Waals surface area contributed by atoms with Gasteiger partial charge in [0.2, 0.25) is 0 Å². The third kappa shape index (κ3) is 42.5.